The Morgan fingerprint density at radius 3 is 2.72 bits per heavy atom. The Balaban J connectivity index is 1.80. The number of halogens is 1. The summed E-state index contributed by atoms with van der Waals surface area (Å²) < 4.78 is 0. The van der Waals surface area contributed by atoms with Crippen molar-refractivity contribution in [1.82, 2.24) is 9.88 Å². The maximum absolute atomic E-state index is 5.88. The molecule has 0 aromatic carbocycles. The van der Waals surface area contributed by atoms with Gasteiger partial charge in [-0.3, -0.25) is 0 Å². The summed E-state index contributed by atoms with van der Waals surface area (Å²) >= 11 is 5.88. The molecule has 3 nitrogen and oxygen atoms in total. The van der Waals surface area contributed by atoms with Gasteiger partial charge in [-0.2, -0.15) is 0 Å². The molecule has 100 valence electrons. The summed E-state index contributed by atoms with van der Waals surface area (Å²) in [5.74, 6) is 1.65. The molecule has 0 atom stereocenters. The average molecular weight is 268 g/mol. The molecular formula is C14H22ClN3. The lowest BCUT2D eigenvalue weighted by Crippen LogP contribution is -2.40. The third kappa shape index (κ3) is 4.14. The van der Waals surface area contributed by atoms with Gasteiger partial charge in [-0.15, -0.1) is 0 Å². The third-order valence-electron chi connectivity index (χ3n) is 3.28. The van der Waals surface area contributed by atoms with Crippen LogP contribution < -0.4 is 5.32 Å². The molecule has 0 saturated carbocycles. The van der Waals surface area contributed by atoms with E-state index in [1.165, 1.54) is 32.5 Å². The summed E-state index contributed by atoms with van der Waals surface area (Å²) in [5, 5.41) is 4.03. The normalized spacial score (nSPS) is 18.2. The zero-order valence-corrected chi connectivity index (χ0v) is 12.0. The number of aromatic nitrogens is 1. The molecule has 0 amide bonds. The summed E-state index contributed by atoms with van der Waals surface area (Å²) in [6.45, 7) is 8.12. The molecule has 0 unspecified atom stereocenters. The van der Waals surface area contributed by atoms with Crippen LogP contribution in [-0.4, -0.2) is 35.6 Å². The molecule has 1 saturated heterocycles. The molecule has 0 radical (unpaired) electrons. The fourth-order valence-electron chi connectivity index (χ4n) is 2.47. The second kappa shape index (κ2) is 6.39. The highest BCUT2D eigenvalue weighted by molar-refractivity contribution is 6.29. The van der Waals surface area contributed by atoms with Crippen molar-refractivity contribution in [2.24, 2.45) is 5.92 Å². The monoisotopic (exact) mass is 267 g/mol. The van der Waals surface area contributed by atoms with Crippen molar-refractivity contribution in [3.63, 3.8) is 0 Å². The Hall–Kier alpha value is -0.800. The first-order valence-corrected chi connectivity index (χ1v) is 7.12. The summed E-state index contributed by atoms with van der Waals surface area (Å²) in [6.07, 6.45) is 2.36. The first-order valence-electron chi connectivity index (χ1n) is 6.75. The zero-order chi connectivity index (χ0) is 13.0. The molecule has 1 aromatic rings. The number of pyridine rings is 1. The van der Waals surface area contributed by atoms with E-state index in [2.05, 4.69) is 29.0 Å². The first-order chi connectivity index (χ1) is 8.63. The predicted octanol–water partition coefficient (Wildman–Crippen LogP) is 3.27. The number of anilines is 1. The Kier molecular flexibility index (Phi) is 4.84. The maximum atomic E-state index is 5.88. The van der Waals surface area contributed by atoms with Gasteiger partial charge < -0.3 is 10.2 Å². The standard InChI is InChI=1S/C14H22ClN3/c1-11(2)10-18-8-6-12(7-9-18)16-14-5-3-4-13(15)17-14/h3-5,11-12H,6-10H2,1-2H3,(H,16,17). The lowest BCUT2D eigenvalue weighted by Gasteiger charge is -2.33. The van der Waals surface area contributed by atoms with Crippen molar-refractivity contribution in [3.05, 3.63) is 23.4 Å². The Bertz CT molecular complexity index is 373. The summed E-state index contributed by atoms with van der Waals surface area (Å²) in [6, 6.07) is 6.25. The van der Waals surface area contributed by atoms with Crippen LogP contribution in [0.2, 0.25) is 5.15 Å². The Morgan fingerprint density at radius 2 is 2.11 bits per heavy atom. The molecule has 0 spiro atoms. The van der Waals surface area contributed by atoms with Crippen molar-refractivity contribution in [2.45, 2.75) is 32.7 Å². The predicted molar refractivity (Wildman–Crippen MR) is 77.2 cm³/mol. The summed E-state index contributed by atoms with van der Waals surface area (Å²) in [7, 11) is 0. The lowest BCUT2D eigenvalue weighted by molar-refractivity contribution is 0.198. The van der Waals surface area contributed by atoms with Crippen LogP contribution in [0.4, 0.5) is 5.82 Å². The number of likely N-dealkylation sites (tertiary alicyclic amines) is 1. The van der Waals surface area contributed by atoms with Gasteiger partial charge in [-0.25, -0.2) is 4.98 Å². The molecule has 0 bridgehead atoms. The number of nitrogens with one attached hydrogen (secondary N) is 1. The molecule has 4 heteroatoms. The average Bonchev–Trinajstić information content (AvgIpc) is 2.31. The minimum atomic E-state index is 0.527. The van der Waals surface area contributed by atoms with Crippen LogP contribution in [0.15, 0.2) is 18.2 Å². The molecule has 18 heavy (non-hydrogen) atoms. The third-order valence-corrected chi connectivity index (χ3v) is 3.49. The van der Waals surface area contributed by atoms with Crippen molar-refractivity contribution in [1.29, 1.82) is 0 Å². The van der Waals surface area contributed by atoms with E-state index in [0.717, 1.165) is 11.7 Å². The van der Waals surface area contributed by atoms with E-state index < -0.39 is 0 Å². The molecule has 2 heterocycles. The number of piperidine rings is 1. The molecule has 1 aromatic heterocycles. The van der Waals surface area contributed by atoms with E-state index in [-0.39, 0.29) is 0 Å². The highest BCUT2D eigenvalue weighted by atomic mass is 35.5. The molecule has 2 rings (SSSR count). The van der Waals surface area contributed by atoms with E-state index in [9.17, 15) is 0 Å². The highest BCUT2D eigenvalue weighted by Gasteiger charge is 2.19. The smallest absolute Gasteiger partial charge is 0.131 e. The minimum absolute atomic E-state index is 0.527. The van der Waals surface area contributed by atoms with E-state index in [0.29, 0.717) is 11.2 Å². The van der Waals surface area contributed by atoms with Gasteiger partial charge in [0.1, 0.15) is 11.0 Å². The Morgan fingerprint density at radius 1 is 1.39 bits per heavy atom. The van der Waals surface area contributed by atoms with Crippen molar-refractivity contribution in [3.8, 4) is 0 Å². The van der Waals surface area contributed by atoms with Crippen LogP contribution in [0.5, 0.6) is 0 Å². The van der Waals surface area contributed by atoms with Gasteiger partial charge in [0.25, 0.3) is 0 Å². The van der Waals surface area contributed by atoms with Crippen LogP contribution in [-0.2, 0) is 0 Å². The fourth-order valence-corrected chi connectivity index (χ4v) is 2.64. The fraction of sp³-hybridized carbons (Fsp3) is 0.643. The second-order valence-corrected chi connectivity index (χ2v) is 5.85. The van der Waals surface area contributed by atoms with Gasteiger partial charge in [-0.1, -0.05) is 31.5 Å². The number of hydrogen-bond acceptors (Lipinski definition) is 3. The molecule has 1 fully saturated rings. The number of rotatable bonds is 4. The van der Waals surface area contributed by atoms with Gasteiger partial charge in [0.05, 0.1) is 0 Å². The molecule has 1 N–H and O–H groups in total. The lowest BCUT2D eigenvalue weighted by atomic mass is 10.0. The number of nitrogens with zero attached hydrogens (tertiary/aromatic N) is 2. The topological polar surface area (TPSA) is 28.2 Å². The van der Waals surface area contributed by atoms with E-state index >= 15 is 0 Å². The SMILES string of the molecule is CC(C)CN1CCC(Nc2cccc(Cl)n2)CC1. The first kappa shape index (κ1) is 13.6. The van der Waals surface area contributed by atoms with Gasteiger partial charge in [0, 0.05) is 25.7 Å². The quantitative estimate of drug-likeness (QED) is 0.849. The van der Waals surface area contributed by atoms with Crippen molar-refractivity contribution < 1.29 is 0 Å². The maximum Gasteiger partial charge on any atom is 0.131 e. The largest absolute Gasteiger partial charge is 0.367 e. The van der Waals surface area contributed by atoms with E-state index in [4.69, 9.17) is 11.6 Å². The molecule has 0 aliphatic carbocycles. The van der Waals surface area contributed by atoms with E-state index in [1.807, 2.05) is 12.1 Å². The minimum Gasteiger partial charge on any atom is -0.367 e. The van der Waals surface area contributed by atoms with Crippen molar-refractivity contribution in [2.75, 3.05) is 25.0 Å². The molecular weight excluding hydrogens is 246 g/mol. The molecule has 1 aliphatic heterocycles. The van der Waals surface area contributed by atoms with Gasteiger partial charge >= 0.3 is 0 Å². The highest BCUT2D eigenvalue weighted by Crippen LogP contribution is 2.17. The van der Waals surface area contributed by atoms with Crippen LogP contribution in [0.3, 0.4) is 0 Å². The van der Waals surface area contributed by atoms with Crippen molar-refractivity contribution >= 4 is 17.4 Å². The van der Waals surface area contributed by atoms with Gasteiger partial charge in [0.15, 0.2) is 0 Å². The van der Waals surface area contributed by atoms with Gasteiger partial charge in [-0.05, 0) is 30.9 Å². The Labute approximate surface area is 115 Å². The zero-order valence-electron chi connectivity index (χ0n) is 11.2. The molecule has 1 aliphatic rings. The summed E-state index contributed by atoms with van der Waals surface area (Å²) in [4.78, 5) is 6.83. The van der Waals surface area contributed by atoms with Crippen LogP contribution >= 0.6 is 11.6 Å². The van der Waals surface area contributed by atoms with E-state index in [1.54, 1.807) is 6.07 Å². The number of hydrogen-bond donors (Lipinski definition) is 1. The van der Waals surface area contributed by atoms with Gasteiger partial charge in [0.2, 0.25) is 0 Å². The second-order valence-electron chi connectivity index (χ2n) is 5.46. The summed E-state index contributed by atoms with van der Waals surface area (Å²) in [5.41, 5.74) is 0. The van der Waals surface area contributed by atoms with Crippen LogP contribution in [0.1, 0.15) is 26.7 Å². The van der Waals surface area contributed by atoms with Crippen LogP contribution in [0.25, 0.3) is 0 Å². The van der Waals surface area contributed by atoms with Crippen LogP contribution in [0, 0.1) is 5.92 Å².